The number of fused-ring (bicyclic) bond motifs is 1. The van der Waals surface area contributed by atoms with Gasteiger partial charge in [-0.15, -0.1) is 11.8 Å². The van der Waals surface area contributed by atoms with Gasteiger partial charge in [0.2, 0.25) is 15.9 Å². The molecule has 2 aromatic carbocycles. The predicted molar refractivity (Wildman–Crippen MR) is 110 cm³/mol. The monoisotopic (exact) mass is 456 g/mol. The van der Waals surface area contributed by atoms with Gasteiger partial charge in [0.1, 0.15) is 5.69 Å². The Balaban J connectivity index is 1.68. The maximum Gasteiger partial charge on any atom is 0.293 e. The van der Waals surface area contributed by atoms with Crippen molar-refractivity contribution in [2.24, 2.45) is 0 Å². The van der Waals surface area contributed by atoms with E-state index in [1.54, 1.807) is 23.9 Å². The topological polar surface area (TPSA) is 144 Å². The Bertz CT molecular complexity index is 1080. The fourth-order valence-electron chi connectivity index (χ4n) is 2.85. The molecule has 9 nitrogen and oxygen atoms in total. The minimum Gasteiger partial charge on any atom is -0.393 e. The smallest absolute Gasteiger partial charge is 0.293 e. The van der Waals surface area contributed by atoms with E-state index in [1.807, 2.05) is 6.07 Å². The van der Waals surface area contributed by atoms with Crippen LogP contribution >= 0.6 is 23.4 Å². The molecular weight excluding hydrogens is 440 g/mol. The van der Waals surface area contributed by atoms with Crippen LogP contribution < -0.4 is 15.8 Å². The number of rotatable bonds is 6. The molecule has 154 valence electrons. The number of nitrogens with two attached hydrogens (primary N) is 1. The van der Waals surface area contributed by atoms with Gasteiger partial charge in [0, 0.05) is 21.7 Å². The molecule has 0 aliphatic carbocycles. The summed E-state index contributed by atoms with van der Waals surface area (Å²) in [6.07, 6.45) is 0.681. The van der Waals surface area contributed by atoms with Crippen molar-refractivity contribution in [3.8, 4) is 0 Å². The second-order valence-corrected chi connectivity index (χ2v) is 9.58. The van der Waals surface area contributed by atoms with Crippen LogP contribution in [-0.4, -0.2) is 31.5 Å². The van der Waals surface area contributed by atoms with Crippen LogP contribution in [0.3, 0.4) is 0 Å². The van der Waals surface area contributed by atoms with E-state index in [4.69, 9.17) is 17.3 Å². The van der Waals surface area contributed by atoms with E-state index >= 15 is 0 Å². The van der Waals surface area contributed by atoms with Gasteiger partial charge in [-0.05, 0) is 42.3 Å². The summed E-state index contributed by atoms with van der Waals surface area (Å²) in [6, 6.07) is 8.29. The van der Waals surface area contributed by atoms with Gasteiger partial charge in [-0.2, -0.15) is 0 Å². The zero-order valence-corrected chi connectivity index (χ0v) is 17.3. The van der Waals surface area contributed by atoms with Gasteiger partial charge in [0.25, 0.3) is 5.69 Å². The van der Waals surface area contributed by atoms with Crippen molar-refractivity contribution in [1.29, 1.82) is 0 Å². The average Bonchev–Trinajstić information content (AvgIpc) is 2.67. The summed E-state index contributed by atoms with van der Waals surface area (Å²) in [7, 11) is -4.13. The lowest BCUT2D eigenvalue weighted by atomic mass is 10.0. The molecule has 12 heteroatoms. The van der Waals surface area contributed by atoms with Crippen LogP contribution in [0.1, 0.15) is 18.0 Å². The van der Waals surface area contributed by atoms with Crippen LogP contribution in [0.15, 0.2) is 46.2 Å². The molecule has 2 aromatic rings. The third kappa shape index (κ3) is 4.99. The maximum atomic E-state index is 12.4. The number of carbonyl (C=O) groups is 1. The number of sulfonamides is 1. The lowest BCUT2D eigenvalue weighted by Gasteiger charge is -2.26. The van der Waals surface area contributed by atoms with Crippen molar-refractivity contribution in [3.05, 3.63) is 57.1 Å². The number of nitrogens with zero attached hydrogens (tertiary/aromatic N) is 1. The molecule has 0 spiro atoms. The van der Waals surface area contributed by atoms with Gasteiger partial charge in [0.15, 0.2) is 0 Å². The number of halogens is 1. The zero-order chi connectivity index (χ0) is 21.2. The quantitative estimate of drug-likeness (QED) is 0.344. The van der Waals surface area contributed by atoms with E-state index in [1.165, 1.54) is 0 Å². The molecule has 0 saturated heterocycles. The Labute approximate surface area is 176 Å². The molecule has 3 rings (SSSR count). The first kappa shape index (κ1) is 21.4. The molecule has 4 N–H and O–H groups in total. The van der Waals surface area contributed by atoms with E-state index < -0.39 is 33.1 Å². The van der Waals surface area contributed by atoms with Gasteiger partial charge in [-0.25, -0.2) is 13.1 Å². The normalized spacial score (nSPS) is 16.1. The molecule has 1 atom stereocenters. The largest absolute Gasteiger partial charge is 0.393 e. The molecule has 0 bridgehead atoms. The summed E-state index contributed by atoms with van der Waals surface area (Å²) >= 11 is 7.70. The average molecular weight is 457 g/mol. The highest BCUT2D eigenvalue weighted by Crippen LogP contribution is 2.37. The van der Waals surface area contributed by atoms with Gasteiger partial charge in [0.05, 0.1) is 22.4 Å². The van der Waals surface area contributed by atoms with Gasteiger partial charge >= 0.3 is 0 Å². The number of carbonyl (C=O) groups excluding carboxylic acids is 1. The number of hydrogen-bond acceptors (Lipinski definition) is 7. The summed E-state index contributed by atoms with van der Waals surface area (Å²) in [4.78, 5) is 23.1. The van der Waals surface area contributed by atoms with Crippen LogP contribution in [0, 0.1) is 10.1 Å². The third-order valence-electron chi connectivity index (χ3n) is 4.28. The molecule has 0 saturated carbocycles. The van der Waals surface area contributed by atoms with Crippen LogP contribution in [-0.2, 0) is 14.8 Å². The number of amides is 1. The summed E-state index contributed by atoms with van der Waals surface area (Å²) in [5.41, 5.74) is 5.69. The third-order valence-corrected chi connectivity index (χ3v) is 7.03. The lowest BCUT2D eigenvalue weighted by Crippen LogP contribution is -2.39. The Hall–Kier alpha value is -2.34. The molecule has 0 unspecified atom stereocenters. The lowest BCUT2D eigenvalue weighted by molar-refractivity contribution is -0.384. The highest BCUT2D eigenvalue weighted by Gasteiger charge is 2.24. The first-order valence-electron chi connectivity index (χ1n) is 8.42. The number of nitrogen functional groups attached to an aromatic ring is 1. The summed E-state index contributed by atoms with van der Waals surface area (Å²) in [5, 5.41) is 14.3. The second kappa shape index (κ2) is 8.57. The molecule has 1 heterocycles. The molecule has 29 heavy (non-hydrogen) atoms. The van der Waals surface area contributed by atoms with Crippen LogP contribution in [0.4, 0.5) is 11.4 Å². The van der Waals surface area contributed by atoms with E-state index in [2.05, 4.69) is 10.0 Å². The number of nitro benzene ring substituents is 1. The maximum absolute atomic E-state index is 12.4. The molecular formula is C17H17ClN4O5S2. The van der Waals surface area contributed by atoms with Gasteiger partial charge < -0.3 is 11.1 Å². The molecule has 1 aliphatic heterocycles. The minimum absolute atomic E-state index is 0.154. The van der Waals surface area contributed by atoms with E-state index in [0.717, 1.165) is 34.4 Å². The molecule has 0 aromatic heterocycles. The van der Waals surface area contributed by atoms with Crippen molar-refractivity contribution < 1.29 is 18.1 Å². The highest BCUT2D eigenvalue weighted by atomic mass is 35.5. The molecule has 0 radical (unpaired) electrons. The van der Waals surface area contributed by atoms with Crippen molar-refractivity contribution in [2.75, 3.05) is 18.0 Å². The summed E-state index contributed by atoms with van der Waals surface area (Å²) < 4.78 is 26.9. The number of benzene rings is 2. The summed E-state index contributed by atoms with van der Waals surface area (Å²) in [6.45, 7) is -0.514. The van der Waals surface area contributed by atoms with E-state index in [-0.39, 0.29) is 16.6 Å². The van der Waals surface area contributed by atoms with Crippen LogP contribution in [0.2, 0.25) is 5.02 Å². The number of thioether (sulfide) groups is 1. The predicted octanol–water partition coefficient (Wildman–Crippen LogP) is 2.46. The second-order valence-electron chi connectivity index (χ2n) is 6.24. The van der Waals surface area contributed by atoms with Gasteiger partial charge in [-0.3, -0.25) is 14.9 Å². The standard InChI is InChI=1S/C17H17ClN4O5S2/c18-10-1-4-16-12(7-10)14(5-6-28-16)21-17(23)9-20-29(26,27)11-2-3-13(19)15(8-11)22(24)25/h1-4,7-8,14,20H,5-6,9,19H2,(H,21,23)/t14-/m1/s1. The molecule has 1 amide bonds. The van der Waals surface area contributed by atoms with Gasteiger partial charge in [-0.1, -0.05) is 11.6 Å². The zero-order valence-electron chi connectivity index (χ0n) is 14.9. The van der Waals surface area contributed by atoms with Crippen LogP contribution in [0.5, 0.6) is 0 Å². The SMILES string of the molecule is Nc1ccc(S(=O)(=O)NCC(=O)N[C@@H]2CCSc3ccc(Cl)cc32)cc1[N+](=O)[O-]. The highest BCUT2D eigenvalue weighted by molar-refractivity contribution is 7.99. The molecule has 1 aliphatic rings. The van der Waals surface area contributed by atoms with E-state index in [9.17, 15) is 23.3 Å². The Kier molecular flexibility index (Phi) is 6.32. The Morgan fingerprint density at radius 2 is 2.07 bits per heavy atom. The number of anilines is 1. The number of nitro groups is 1. The summed E-state index contributed by atoms with van der Waals surface area (Å²) in [5.74, 6) is 0.279. The van der Waals surface area contributed by atoms with Crippen molar-refractivity contribution in [1.82, 2.24) is 10.0 Å². The Morgan fingerprint density at radius 1 is 1.31 bits per heavy atom. The number of hydrogen-bond donors (Lipinski definition) is 3. The first-order valence-corrected chi connectivity index (χ1v) is 11.3. The Morgan fingerprint density at radius 3 is 2.79 bits per heavy atom. The fourth-order valence-corrected chi connectivity index (χ4v) is 5.14. The first-order chi connectivity index (χ1) is 13.7. The van der Waals surface area contributed by atoms with Crippen molar-refractivity contribution >= 4 is 50.7 Å². The van der Waals surface area contributed by atoms with Crippen molar-refractivity contribution in [2.45, 2.75) is 22.3 Å². The molecule has 0 fully saturated rings. The van der Waals surface area contributed by atoms with E-state index in [0.29, 0.717) is 11.4 Å². The minimum atomic E-state index is -4.13. The number of nitrogens with one attached hydrogen (secondary N) is 2. The van der Waals surface area contributed by atoms with Crippen LogP contribution in [0.25, 0.3) is 0 Å². The van der Waals surface area contributed by atoms with Crippen molar-refractivity contribution in [3.63, 3.8) is 0 Å². The fraction of sp³-hybridized carbons (Fsp3) is 0.235.